The Bertz CT molecular complexity index is 535. The van der Waals surface area contributed by atoms with Gasteiger partial charge in [-0.05, 0) is 37.8 Å². The van der Waals surface area contributed by atoms with Crippen molar-refractivity contribution in [1.82, 2.24) is 5.09 Å². The van der Waals surface area contributed by atoms with Gasteiger partial charge in [0.1, 0.15) is 11.8 Å². The number of ether oxygens (including phenoxy) is 1. The van der Waals surface area contributed by atoms with Crippen LogP contribution in [-0.2, 0) is 14.1 Å². The van der Waals surface area contributed by atoms with E-state index in [2.05, 4.69) is 18.9 Å². The lowest BCUT2D eigenvalue weighted by Crippen LogP contribution is -2.34. The van der Waals surface area contributed by atoms with E-state index in [-0.39, 0.29) is 0 Å². The molecule has 0 amide bonds. The van der Waals surface area contributed by atoms with E-state index in [1.807, 2.05) is 6.07 Å². The van der Waals surface area contributed by atoms with Crippen LogP contribution in [0.15, 0.2) is 30.3 Å². The summed E-state index contributed by atoms with van der Waals surface area (Å²) in [5, 5.41) is 2.52. The van der Waals surface area contributed by atoms with Gasteiger partial charge in [0, 0.05) is 11.2 Å². The molecule has 0 bridgehead atoms. The van der Waals surface area contributed by atoms with Crippen molar-refractivity contribution in [3.63, 3.8) is 0 Å². The summed E-state index contributed by atoms with van der Waals surface area (Å²) in [5.41, 5.74) is 0. The number of halogens is 1. The molecule has 0 saturated carbocycles. The molecule has 0 radical (unpaired) electrons. The number of esters is 1. The summed E-state index contributed by atoms with van der Waals surface area (Å²) >= 11 is 5.89. The number of benzene rings is 1. The topological polar surface area (TPSA) is 64.6 Å². The summed E-state index contributed by atoms with van der Waals surface area (Å²) in [6, 6.07) is 7.75. The fourth-order valence-corrected chi connectivity index (χ4v) is 4.07. The van der Waals surface area contributed by atoms with E-state index in [1.165, 1.54) is 0 Å². The van der Waals surface area contributed by atoms with E-state index in [4.69, 9.17) is 20.5 Å². The number of carbonyl (C=O) groups is 1. The molecule has 1 aromatic carbocycles. The standard InChI is InChI=1S/C17H27ClNO4P/c1-4-9-15(10-5-2)13-22-17(20)14(3)19-24(18,21)23-16-11-7-6-8-12-16/h6-8,11-12,14-15H,4-5,9-10,13H2,1-3H3,(H,19,21)/t14-,24?/m0/s1. The highest BCUT2D eigenvalue weighted by Crippen LogP contribution is 2.48. The molecule has 0 aliphatic heterocycles. The van der Waals surface area contributed by atoms with Crippen molar-refractivity contribution >= 4 is 24.1 Å². The monoisotopic (exact) mass is 375 g/mol. The Hall–Kier alpha value is -1.03. The minimum absolute atomic E-state index is 0.361. The normalized spacial score (nSPS) is 14.9. The first-order valence-electron chi connectivity index (χ1n) is 8.36. The average Bonchev–Trinajstić information content (AvgIpc) is 2.52. The molecule has 2 atom stereocenters. The molecule has 5 nitrogen and oxygen atoms in total. The molecule has 136 valence electrons. The van der Waals surface area contributed by atoms with Gasteiger partial charge in [-0.3, -0.25) is 4.79 Å². The number of hydrogen-bond donors (Lipinski definition) is 1. The summed E-state index contributed by atoms with van der Waals surface area (Å²) in [7, 11) is 0. The molecule has 24 heavy (non-hydrogen) atoms. The molecular weight excluding hydrogens is 349 g/mol. The van der Waals surface area contributed by atoms with E-state index < -0.39 is 18.9 Å². The summed E-state index contributed by atoms with van der Waals surface area (Å²) in [5.74, 6) is 0.249. The van der Waals surface area contributed by atoms with Crippen molar-refractivity contribution in [2.45, 2.75) is 52.5 Å². The van der Waals surface area contributed by atoms with Gasteiger partial charge in [-0.25, -0.2) is 9.65 Å². The van der Waals surface area contributed by atoms with Gasteiger partial charge in [-0.1, -0.05) is 44.9 Å². The van der Waals surface area contributed by atoms with Crippen LogP contribution in [0.3, 0.4) is 0 Å². The molecule has 1 aromatic rings. The van der Waals surface area contributed by atoms with E-state index in [0.29, 0.717) is 18.3 Å². The third-order valence-electron chi connectivity index (χ3n) is 3.52. The summed E-state index contributed by atoms with van der Waals surface area (Å²) < 4.78 is 22.8. The molecule has 0 aliphatic carbocycles. The third-order valence-corrected chi connectivity index (χ3v) is 5.16. The van der Waals surface area contributed by atoms with Gasteiger partial charge in [0.15, 0.2) is 0 Å². The predicted molar refractivity (Wildman–Crippen MR) is 97.4 cm³/mol. The summed E-state index contributed by atoms with van der Waals surface area (Å²) in [6.45, 7) is 2.47. The average molecular weight is 376 g/mol. The number of carbonyl (C=O) groups excluding carboxylic acids is 1. The zero-order chi connectivity index (χ0) is 18.0. The molecule has 0 saturated heterocycles. The smallest absolute Gasteiger partial charge is 0.409 e. The Balaban J connectivity index is 2.48. The van der Waals surface area contributed by atoms with Crippen LogP contribution >= 0.6 is 18.1 Å². The van der Waals surface area contributed by atoms with Gasteiger partial charge in [-0.2, -0.15) is 0 Å². The van der Waals surface area contributed by atoms with Crippen molar-refractivity contribution in [3.8, 4) is 5.75 Å². The molecule has 0 aromatic heterocycles. The summed E-state index contributed by atoms with van der Waals surface area (Å²) in [6.07, 6.45) is 4.15. The minimum Gasteiger partial charge on any atom is -0.464 e. The Morgan fingerprint density at radius 2 is 1.79 bits per heavy atom. The van der Waals surface area contributed by atoms with Crippen molar-refractivity contribution in [1.29, 1.82) is 0 Å². The molecule has 0 spiro atoms. The lowest BCUT2D eigenvalue weighted by Gasteiger charge is -2.20. The lowest BCUT2D eigenvalue weighted by atomic mass is 9.99. The SMILES string of the molecule is CCCC(CCC)COC(=O)[C@H](C)NP(=O)(Cl)Oc1ccccc1. The van der Waals surface area contributed by atoms with Crippen molar-refractivity contribution in [3.05, 3.63) is 30.3 Å². The van der Waals surface area contributed by atoms with Crippen LogP contribution in [0.1, 0.15) is 46.5 Å². The second kappa shape index (κ2) is 10.8. The van der Waals surface area contributed by atoms with Gasteiger partial charge in [0.25, 0.3) is 0 Å². The van der Waals surface area contributed by atoms with Crippen LogP contribution in [0.4, 0.5) is 0 Å². The van der Waals surface area contributed by atoms with Crippen molar-refractivity contribution in [2.75, 3.05) is 6.61 Å². The highest BCUT2D eigenvalue weighted by molar-refractivity contribution is 7.84. The second-order valence-electron chi connectivity index (χ2n) is 5.81. The van der Waals surface area contributed by atoms with Crippen molar-refractivity contribution in [2.24, 2.45) is 5.92 Å². The molecule has 0 aliphatic rings. The van der Waals surface area contributed by atoms with Crippen LogP contribution < -0.4 is 9.61 Å². The van der Waals surface area contributed by atoms with Gasteiger partial charge >= 0.3 is 12.8 Å². The Morgan fingerprint density at radius 3 is 2.33 bits per heavy atom. The molecule has 1 unspecified atom stereocenters. The van der Waals surface area contributed by atoms with Gasteiger partial charge in [0.2, 0.25) is 0 Å². The van der Waals surface area contributed by atoms with E-state index in [9.17, 15) is 9.36 Å². The number of para-hydroxylation sites is 1. The fourth-order valence-electron chi connectivity index (χ4n) is 2.38. The lowest BCUT2D eigenvalue weighted by molar-refractivity contribution is -0.146. The highest BCUT2D eigenvalue weighted by atomic mass is 35.7. The molecule has 0 fully saturated rings. The fraction of sp³-hybridized carbons (Fsp3) is 0.588. The van der Waals surface area contributed by atoms with Crippen LogP contribution in [-0.4, -0.2) is 18.6 Å². The quantitative estimate of drug-likeness (QED) is 0.428. The number of hydrogen-bond acceptors (Lipinski definition) is 4. The van der Waals surface area contributed by atoms with Gasteiger partial charge in [-0.15, -0.1) is 0 Å². The number of nitrogens with one attached hydrogen (secondary N) is 1. The molecule has 1 N–H and O–H groups in total. The molecule has 7 heteroatoms. The second-order valence-corrected chi connectivity index (χ2v) is 8.54. The first-order valence-corrected chi connectivity index (χ1v) is 10.9. The van der Waals surface area contributed by atoms with E-state index >= 15 is 0 Å². The first kappa shape index (κ1) is 21.0. The van der Waals surface area contributed by atoms with E-state index in [0.717, 1.165) is 25.7 Å². The van der Waals surface area contributed by atoms with Gasteiger partial charge in [0.05, 0.1) is 6.61 Å². The van der Waals surface area contributed by atoms with E-state index in [1.54, 1.807) is 31.2 Å². The maximum absolute atomic E-state index is 12.3. The molecule has 1 rings (SSSR count). The minimum atomic E-state index is -3.68. The zero-order valence-electron chi connectivity index (χ0n) is 14.5. The van der Waals surface area contributed by atoms with Crippen LogP contribution in [0.5, 0.6) is 5.75 Å². The largest absolute Gasteiger partial charge is 0.464 e. The Labute approximate surface area is 149 Å². The van der Waals surface area contributed by atoms with Crippen LogP contribution in [0, 0.1) is 5.92 Å². The molecular formula is C17H27ClNO4P. The maximum atomic E-state index is 12.3. The predicted octanol–water partition coefficient (Wildman–Crippen LogP) is 5.15. The zero-order valence-corrected chi connectivity index (χ0v) is 16.2. The maximum Gasteiger partial charge on any atom is 0.409 e. The van der Waals surface area contributed by atoms with Crippen LogP contribution in [0.2, 0.25) is 0 Å². The first-order chi connectivity index (χ1) is 11.4. The Morgan fingerprint density at radius 1 is 1.21 bits per heavy atom. The van der Waals surface area contributed by atoms with Crippen molar-refractivity contribution < 1.29 is 18.6 Å². The summed E-state index contributed by atoms with van der Waals surface area (Å²) in [4.78, 5) is 12.1. The Kier molecular flexibility index (Phi) is 9.42. The van der Waals surface area contributed by atoms with Crippen LogP contribution in [0.25, 0.3) is 0 Å². The highest BCUT2D eigenvalue weighted by Gasteiger charge is 2.28. The van der Waals surface area contributed by atoms with Gasteiger partial charge < -0.3 is 9.26 Å². The number of rotatable bonds is 11. The third kappa shape index (κ3) is 8.18. The molecule has 0 heterocycles.